The van der Waals surface area contributed by atoms with Crippen molar-refractivity contribution >= 4 is 15.7 Å². The Bertz CT molecular complexity index is 566. The van der Waals surface area contributed by atoms with E-state index in [1.54, 1.807) is 18.2 Å². The summed E-state index contributed by atoms with van der Waals surface area (Å²) in [5, 5.41) is 0. The summed E-state index contributed by atoms with van der Waals surface area (Å²) in [5.41, 5.74) is 7.05. The lowest BCUT2D eigenvalue weighted by atomic mass is 9.94. The molecule has 1 atom stereocenters. The first-order valence-corrected chi connectivity index (χ1v) is 8.34. The van der Waals surface area contributed by atoms with Gasteiger partial charge in [-0.3, -0.25) is 0 Å². The molecule has 1 aliphatic heterocycles. The third-order valence-electron chi connectivity index (χ3n) is 3.77. The fourth-order valence-electron chi connectivity index (χ4n) is 2.53. The standard InChI is InChI=1S/C14H22N2O3S/c1-10-3-4-14(13(15)9-10)20(17,18)16-11(2)12-5-7-19-8-6-12/h3-4,9,11-12,16H,5-8,15H2,1-2H3. The van der Waals surface area contributed by atoms with E-state index in [1.807, 2.05) is 13.8 Å². The van der Waals surface area contributed by atoms with Gasteiger partial charge in [-0.25, -0.2) is 13.1 Å². The molecule has 1 unspecified atom stereocenters. The summed E-state index contributed by atoms with van der Waals surface area (Å²) < 4.78 is 32.8. The minimum absolute atomic E-state index is 0.121. The lowest BCUT2D eigenvalue weighted by molar-refractivity contribution is 0.0585. The third kappa shape index (κ3) is 3.50. The quantitative estimate of drug-likeness (QED) is 0.829. The van der Waals surface area contributed by atoms with Crippen molar-refractivity contribution in [2.75, 3.05) is 18.9 Å². The van der Waals surface area contributed by atoms with Crippen LogP contribution in [0.1, 0.15) is 25.3 Å². The van der Waals surface area contributed by atoms with E-state index < -0.39 is 10.0 Å². The van der Waals surface area contributed by atoms with Crippen molar-refractivity contribution in [1.82, 2.24) is 4.72 Å². The van der Waals surface area contributed by atoms with E-state index in [1.165, 1.54) is 0 Å². The van der Waals surface area contributed by atoms with E-state index in [2.05, 4.69) is 4.72 Å². The van der Waals surface area contributed by atoms with Crippen LogP contribution in [0.15, 0.2) is 23.1 Å². The monoisotopic (exact) mass is 298 g/mol. The molecule has 2 rings (SSSR count). The van der Waals surface area contributed by atoms with E-state index in [0.29, 0.717) is 19.1 Å². The fourth-order valence-corrected chi connectivity index (χ4v) is 3.96. The summed E-state index contributed by atoms with van der Waals surface area (Å²) in [5.74, 6) is 0.310. The second-order valence-corrected chi connectivity index (χ2v) is 7.08. The fraction of sp³-hybridized carbons (Fsp3) is 0.571. The third-order valence-corrected chi connectivity index (χ3v) is 5.40. The summed E-state index contributed by atoms with van der Waals surface area (Å²) in [6.07, 6.45) is 1.76. The van der Waals surface area contributed by atoms with Gasteiger partial charge < -0.3 is 10.5 Å². The van der Waals surface area contributed by atoms with Crippen LogP contribution >= 0.6 is 0 Å². The van der Waals surface area contributed by atoms with Gasteiger partial charge in [0.1, 0.15) is 4.90 Å². The molecular formula is C14H22N2O3S. The molecule has 0 bridgehead atoms. The van der Waals surface area contributed by atoms with Crippen LogP contribution in [0, 0.1) is 12.8 Å². The smallest absolute Gasteiger partial charge is 0.242 e. The van der Waals surface area contributed by atoms with Crippen LogP contribution in [0.2, 0.25) is 0 Å². The molecule has 0 aromatic heterocycles. The molecule has 1 aliphatic rings. The van der Waals surface area contributed by atoms with Crippen molar-refractivity contribution in [1.29, 1.82) is 0 Å². The molecule has 1 aromatic carbocycles. The van der Waals surface area contributed by atoms with E-state index in [9.17, 15) is 8.42 Å². The number of nitrogens with two attached hydrogens (primary N) is 1. The minimum atomic E-state index is -3.57. The summed E-state index contributed by atoms with van der Waals surface area (Å²) in [7, 11) is -3.57. The predicted molar refractivity (Wildman–Crippen MR) is 78.9 cm³/mol. The van der Waals surface area contributed by atoms with E-state index in [-0.39, 0.29) is 16.6 Å². The first-order valence-electron chi connectivity index (χ1n) is 6.86. The first-order chi connectivity index (χ1) is 9.40. The maximum Gasteiger partial charge on any atom is 0.242 e. The number of benzene rings is 1. The van der Waals surface area contributed by atoms with Gasteiger partial charge in [0.05, 0.1) is 5.69 Å². The van der Waals surface area contributed by atoms with Crippen molar-refractivity contribution in [2.24, 2.45) is 5.92 Å². The van der Waals surface area contributed by atoms with Gasteiger partial charge in [0.25, 0.3) is 0 Å². The molecule has 1 aromatic rings. The average molecular weight is 298 g/mol. The maximum atomic E-state index is 12.4. The molecular weight excluding hydrogens is 276 g/mol. The van der Waals surface area contributed by atoms with Gasteiger partial charge in [0, 0.05) is 19.3 Å². The van der Waals surface area contributed by atoms with Crippen LogP contribution in [-0.2, 0) is 14.8 Å². The highest BCUT2D eigenvalue weighted by Crippen LogP contribution is 2.23. The largest absolute Gasteiger partial charge is 0.398 e. The van der Waals surface area contributed by atoms with Crippen LogP contribution in [-0.4, -0.2) is 27.7 Å². The first kappa shape index (κ1) is 15.3. The number of nitrogen functional groups attached to an aromatic ring is 1. The number of anilines is 1. The molecule has 5 nitrogen and oxygen atoms in total. The van der Waals surface area contributed by atoms with Gasteiger partial charge >= 0.3 is 0 Å². The van der Waals surface area contributed by atoms with Gasteiger partial charge in [0.2, 0.25) is 10.0 Å². The molecule has 0 spiro atoms. The van der Waals surface area contributed by atoms with Gasteiger partial charge in [-0.15, -0.1) is 0 Å². The predicted octanol–water partition coefficient (Wildman–Crippen LogP) is 1.67. The van der Waals surface area contributed by atoms with Gasteiger partial charge in [-0.05, 0) is 50.3 Å². The molecule has 0 radical (unpaired) electrons. The van der Waals surface area contributed by atoms with Crippen molar-refractivity contribution in [3.05, 3.63) is 23.8 Å². The van der Waals surface area contributed by atoms with Gasteiger partial charge in [-0.2, -0.15) is 0 Å². The van der Waals surface area contributed by atoms with Crippen LogP contribution in [0.4, 0.5) is 5.69 Å². The zero-order valence-corrected chi connectivity index (χ0v) is 12.7. The van der Waals surface area contributed by atoms with Crippen molar-refractivity contribution in [2.45, 2.75) is 37.6 Å². The number of sulfonamides is 1. The average Bonchev–Trinajstić information content (AvgIpc) is 2.38. The maximum absolute atomic E-state index is 12.4. The number of nitrogens with one attached hydrogen (secondary N) is 1. The number of ether oxygens (including phenoxy) is 1. The van der Waals surface area contributed by atoms with Crippen molar-refractivity contribution in [3.8, 4) is 0 Å². The highest BCUT2D eigenvalue weighted by Gasteiger charge is 2.26. The minimum Gasteiger partial charge on any atom is -0.398 e. The zero-order valence-electron chi connectivity index (χ0n) is 11.9. The Morgan fingerprint density at radius 1 is 1.35 bits per heavy atom. The number of rotatable bonds is 4. The Morgan fingerprint density at radius 2 is 2.00 bits per heavy atom. The second kappa shape index (κ2) is 6.11. The van der Waals surface area contributed by atoms with E-state index >= 15 is 0 Å². The highest BCUT2D eigenvalue weighted by atomic mass is 32.2. The molecule has 1 heterocycles. The van der Waals surface area contributed by atoms with Crippen LogP contribution in [0.3, 0.4) is 0 Å². The molecule has 6 heteroatoms. The Morgan fingerprint density at radius 3 is 2.60 bits per heavy atom. The zero-order chi connectivity index (χ0) is 14.8. The summed E-state index contributed by atoms with van der Waals surface area (Å²) >= 11 is 0. The topological polar surface area (TPSA) is 81.4 Å². The lowest BCUT2D eigenvalue weighted by Crippen LogP contribution is -2.40. The number of hydrogen-bond donors (Lipinski definition) is 2. The van der Waals surface area contributed by atoms with Crippen LogP contribution in [0.5, 0.6) is 0 Å². The molecule has 0 saturated carbocycles. The lowest BCUT2D eigenvalue weighted by Gasteiger charge is -2.28. The SMILES string of the molecule is Cc1ccc(S(=O)(=O)NC(C)C2CCOCC2)c(N)c1. The molecule has 1 fully saturated rings. The number of aryl methyl sites for hydroxylation is 1. The van der Waals surface area contributed by atoms with Gasteiger partial charge in [-0.1, -0.05) is 6.07 Å². The summed E-state index contributed by atoms with van der Waals surface area (Å²) in [6.45, 7) is 5.18. The van der Waals surface area contributed by atoms with Crippen LogP contribution < -0.4 is 10.5 Å². The van der Waals surface area contributed by atoms with Crippen molar-refractivity contribution in [3.63, 3.8) is 0 Å². The van der Waals surface area contributed by atoms with E-state index in [4.69, 9.17) is 10.5 Å². The second-order valence-electron chi connectivity index (χ2n) is 5.40. The summed E-state index contributed by atoms with van der Waals surface area (Å²) in [4.78, 5) is 0.155. The van der Waals surface area contributed by atoms with E-state index in [0.717, 1.165) is 18.4 Å². The van der Waals surface area contributed by atoms with Crippen molar-refractivity contribution < 1.29 is 13.2 Å². The Kier molecular flexibility index (Phi) is 4.67. The van der Waals surface area contributed by atoms with Gasteiger partial charge in [0.15, 0.2) is 0 Å². The Balaban J connectivity index is 2.13. The van der Waals surface area contributed by atoms with Crippen LogP contribution in [0.25, 0.3) is 0 Å². The molecule has 20 heavy (non-hydrogen) atoms. The molecule has 0 aliphatic carbocycles. The molecule has 0 amide bonds. The molecule has 3 N–H and O–H groups in total. The normalized spacial score (nSPS) is 18.9. The molecule has 112 valence electrons. The summed E-state index contributed by atoms with van der Waals surface area (Å²) in [6, 6.07) is 4.87. The Hall–Kier alpha value is -1.11. The molecule has 1 saturated heterocycles. The number of hydrogen-bond acceptors (Lipinski definition) is 4. The highest BCUT2D eigenvalue weighted by molar-refractivity contribution is 7.89. The Labute approximate surface area is 120 Å².